The van der Waals surface area contributed by atoms with Gasteiger partial charge in [-0.05, 0) is 24.6 Å². The van der Waals surface area contributed by atoms with Gasteiger partial charge in [-0.1, -0.05) is 23.7 Å². The highest BCUT2D eigenvalue weighted by Gasteiger charge is 2.18. The number of halogens is 1. The van der Waals surface area contributed by atoms with Crippen LogP contribution in [-0.4, -0.2) is 24.6 Å². The van der Waals surface area contributed by atoms with E-state index in [0.717, 1.165) is 10.1 Å². The van der Waals surface area contributed by atoms with Crippen LogP contribution < -0.4 is 16.6 Å². The fourth-order valence-corrected chi connectivity index (χ4v) is 3.02. The summed E-state index contributed by atoms with van der Waals surface area (Å²) < 4.78 is 3.69. The molecule has 9 heteroatoms. The number of imidazole rings is 1. The molecular weight excluding hydrogens is 358 g/mol. The van der Waals surface area contributed by atoms with Crippen molar-refractivity contribution < 1.29 is 4.79 Å². The zero-order valence-electron chi connectivity index (χ0n) is 14.6. The molecule has 0 aliphatic carbocycles. The number of hydrogen-bond acceptors (Lipinski definition) is 4. The van der Waals surface area contributed by atoms with Gasteiger partial charge in [0.05, 0.1) is 12.4 Å². The van der Waals surface area contributed by atoms with Crippen LogP contribution in [0.15, 0.2) is 40.2 Å². The maximum atomic E-state index is 12.6. The minimum Gasteiger partial charge on any atom is -0.348 e. The maximum absolute atomic E-state index is 12.6. The molecule has 0 fully saturated rings. The van der Waals surface area contributed by atoms with Crippen molar-refractivity contribution in [2.24, 2.45) is 14.1 Å². The topological polar surface area (TPSA) is 90.9 Å². The Morgan fingerprint density at radius 1 is 1.31 bits per heavy atom. The van der Waals surface area contributed by atoms with Crippen LogP contribution in [0, 0.1) is 0 Å². The molecule has 8 nitrogen and oxygen atoms in total. The third kappa shape index (κ3) is 3.15. The number of nitrogens with one attached hydrogen (secondary N) is 1. The van der Waals surface area contributed by atoms with Gasteiger partial charge in [0.1, 0.15) is 6.54 Å². The molecule has 0 saturated heterocycles. The summed E-state index contributed by atoms with van der Waals surface area (Å²) in [5, 5.41) is 3.34. The van der Waals surface area contributed by atoms with Crippen LogP contribution in [-0.2, 0) is 25.4 Å². The quantitative estimate of drug-likeness (QED) is 0.735. The van der Waals surface area contributed by atoms with Gasteiger partial charge in [-0.15, -0.1) is 0 Å². The molecule has 136 valence electrons. The van der Waals surface area contributed by atoms with Crippen molar-refractivity contribution >= 4 is 28.7 Å². The van der Waals surface area contributed by atoms with Crippen molar-refractivity contribution in [1.29, 1.82) is 0 Å². The maximum Gasteiger partial charge on any atom is 0.332 e. The number of benzene rings is 1. The smallest absolute Gasteiger partial charge is 0.332 e. The molecule has 2 heterocycles. The highest BCUT2D eigenvalue weighted by atomic mass is 35.5. The van der Waals surface area contributed by atoms with E-state index in [2.05, 4.69) is 10.3 Å². The Hall–Kier alpha value is -2.87. The lowest BCUT2D eigenvalue weighted by Gasteiger charge is -2.15. The van der Waals surface area contributed by atoms with Crippen molar-refractivity contribution in [3.05, 3.63) is 62.0 Å². The summed E-state index contributed by atoms with van der Waals surface area (Å²) in [5.41, 5.74) is 0.239. The molecule has 0 bridgehead atoms. The Balaban J connectivity index is 1.89. The third-order valence-corrected chi connectivity index (χ3v) is 4.46. The molecule has 26 heavy (non-hydrogen) atoms. The van der Waals surface area contributed by atoms with Crippen LogP contribution in [0.2, 0.25) is 5.02 Å². The molecule has 0 unspecified atom stereocenters. The second-order valence-electron chi connectivity index (χ2n) is 6.10. The number of nitrogens with zero attached hydrogens (tertiary/aromatic N) is 4. The Kier molecular flexibility index (Phi) is 4.69. The van der Waals surface area contributed by atoms with E-state index in [1.807, 2.05) is 6.07 Å². The molecule has 0 saturated carbocycles. The number of carbonyl (C=O) groups is 1. The van der Waals surface area contributed by atoms with E-state index < -0.39 is 17.2 Å². The fraction of sp³-hybridized carbons (Fsp3) is 0.294. The lowest BCUT2D eigenvalue weighted by Crippen LogP contribution is -2.43. The molecule has 0 aliphatic rings. The summed E-state index contributed by atoms with van der Waals surface area (Å²) in [5.74, 6) is -0.446. The van der Waals surface area contributed by atoms with E-state index in [4.69, 9.17) is 11.6 Å². The highest BCUT2D eigenvalue weighted by Crippen LogP contribution is 2.17. The number of aryl methyl sites for hydroxylation is 2. The summed E-state index contributed by atoms with van der Waals surface area (Å²) >= 11 is 5.96. The summed E-state index contributed by atoms with van der Waals surface area (Å²) in [7, 11) is 3.17. The van der Waals surface area contributed by atoms with E-state index in [1.54, 1.807) is 32.2 Å². The predicted octanol–water partition coefficient (Wildman–Crippen LogP) is 0.964. The van der Waals surface area contributed by atoms with E-state index in [1.165, 1.54) is 22.5 Å². The summed E-state index contributed by atoms with van der Waals surface area (Å²) in [6, 6.07) is 6.80. The summed E-state index contributed by atoms with van der Waals surface area (Å²) in [6.07, 6.45) is 1.46. The van der Waals surface area contributed by atoms with Crippen molar-refractivity contribution in [1.82, 2.24) is 24.0 Å². The van der Waals surface area contributed by atoms with Crippen LogP contribution in [0.1, 0.15) is 18.5 Å². The minimum atomic E-state index is -0.591. The lowest BCUT2D eigenvalue weighted by atomic mass is 10.1. The third-order valence-electron chi connectivity index (χ3n) is 4.23. The van der Waals surface area contributed by atoms with Gasteiger partial charge < -0.3 is 9.88 Å². The molecule has 1 aromatic carbocycles. The molecule has 1 N–H and O–H groups in total. The van der Waals surface area contributed by atoms with Gasteiger partial charge in [0, 0.05) is 19.1 Å². The monoisotopic (exact) mass is 375 g/mol. The molecule has 1 amide bonds. The first-order valence-electron chi connectivity index (χ1n) is 7.95. The van der Waals surface area contributed by atoms with Gasteiger partial charge in [0.2, 0.25) is 5.91 Å². The van der Waals surface area contributed by atoms with Gasteiger partial charge in [-0.25, -0.2) is 14.3 Å². The normalized spacial score (nSPS) is 12.3. The van der Waals surface area contributed by atoms with Crippen molar-refractivity contribution in [3.8, 4) is 0 Å². The van der Waals surface area contributed by atoms with E-state index in [9.17, 15) is 14.4 Å². The summed E-state index contributed by atoms with van der Waals surface area (Å²) in [4.78, 5) is 41.5. The SMILES string of the molecule is C[C@H](NC(=O)Cn1c(=O)c2c(ncn2C)n(C)c1=O)c1cccc(Cl)c1. The largest absolute Gasteiger partial charge is 0.348 e. The minimum absolute atomic E-state index is 0.266. The predicted molar refractivity (Wildman–Crippen MR) is 98.2 cm³/mol. The second-order valence-corrected chi connectivity index (χ2v) is 6.54. The van der Waals surface area contributed by atoms with Crippen LogP contribution in [0.3, 0.4) is 0 Å². The van der Waals surface area contributed by atoms with E-state index >= 15 is 0 Å². The Morgan fingerprint density at radius 3 is 2.73 bits per heavy atom. The standard InChI is InChI=1S/C17H18ClN5O3/c1-10(11-5-4-6-12(18)7-11)20-13(24)8-23-16(25)14-15(19-9-21(14)2)22(3)17(23)26/h4-7,9-10H,8H2,1-3H3,(H,20,24)/t10-/m0/s1. The molecule has 0 radical (unpaired) electrons. The summed E-state index contributed by atoms with van der Waals surface area (Å²) in [6.45, 7) is 1.42. The molecular formula is C17H18ClN5O3. The molecule has 2 aromatic heterocycles. The molecule has 3 aromatic rings. The Labute approximate surface area is 153 Å². The zero-order chi connectivity index (χ0) is 19.0. The molecule has 1 atom stereocenters. The number of aromatic nitrogens is 4. The first-order valence-corrected chi connectivity index (χ1v) is 8.33. The first-order chi connectivity index (χ1) is 12.3. The van der Waals surface area contributed by atoms with Gasteiger partial charge >= 0.3 is 5.69 Å². The fourth-order valence-electron chi connectivity index (χ4n) is 2.83. The average Bonchev–Trinajstić information content (AvgIpc) is 2.98. The van der Waals surface area contributed by atoms with Crippen molar-refractivity contribution in [3.63, 3.8) is 0 Å². The highest BCUT2D eigenvalue weighted by molar-refractivity contribution is 6.30. The number of fused-ring (bicyclic) bond motifs is 1. The number of carbonyl (C=O) groups excluding carboxylic acids is 1. The number of amides is 1. The van der Waals surface area contributed by atoms with Gasteiger partial charge in [0.25, 0.3) is 5.56 Å². The Bertz CT molecular complexity index is 1110. The van der Waals surface area contributed by atoms with Crippen LogP contribution in [0.5, 0.6) is 0 Å². The van der Waals surface area contributed by atoms with Crippen LogP contribution in [0.25, 0.3) is 11.2 Å². The van der Waals surface area contributed by atoms with Gasteiger partial charge in [0.15, 0.2) is 11.2 Å². The zero-order valence-corrected chi connectivity index (χ0v) is 15.3. The number of rotatable bonds is 4. The van der Waals surface area contributed by atoms with Crippen molar-refractivity contribution in [2.75, 3.05) is 0 Å². The van der Waals surface area contributed by atoms with Crippen molar-refractivity contribution in [2.45, 2.75) is 19.5 Å². The molecule has 3 rings (SSSR count). The molecule has 0 spiro atoms. The Morgan fingerprint density at radius 2 is 2.04 bits per heavy atom. The van der Waals surface area contributed by atoms with Crippen LogP contribution >= 0.6 is 11.6 Å². The van der Waals surface area contributed by atoms with Gasteiger partial charge in [-0.3, -0.25) is 14.2 Å². The molecule has 0 aliphatic heterocycles. The lowest BCUT2D eigenvalue weighted by molar-refractivity contribution is -0.122. The number of hydrogen-bond donors (Lipinski definition) is 1. The van der Waals surface area contributed by atoms with Gasteiger partial charge in [-0.2, -0.15) is 0 Å². The second kappa shape index (κ2) is 6.80. The van der Waals surface area contributed by atoms with E-state index in [0.29, 0.717) is 5.02 Å². The van der Waals surface area contributed by atoms with E-state index in [-0.39, 0.29) is 23.8 Å². The van der Waals surface area contributed by atoms with Crippen LogP contribution in [0.4, 0.5) is 0 Å². The first kappa shape index (κ1) is 17.9. The average molecular weight is 376 g/mol.